The molecule has 1 aromatic rings. The van der Waals surface area contributed by atoms with Crippen LogP contribution < -0.4 is 10.1 Å². The van der Waals surface area contributed by atoms with Crippen molar-refractivity contribution in [3.63, 3.8) is 0 Å². The highest BCUT2D eigenvalue weighted by Gasteiger charge is 2.18. The zero-order valence-corrected chi connectivity index (χ0v) is 8.62. The Hall–Kier alpha value is -1.02. The van der Waals surface area contributed by atoms with Gasteiger partial charge in [0.15, 0.2) is 0 Å². The molecule has 0 atom stereocenters. The molecular weight excluding hydrogens is 174 g/mol. The molecule has 0 saturated carbocycles. The average Bonchev–Trinajstić information content (AvgIpc) is 2.14. The van der Waals surface area contributed by atoms with Gasteiger partial charge in [-0.3, -0.25) is 0 Å². The molecule has 0 aliphatic carbocycles. The SMILES string of the molecule is CCCc1ccccc1OC1CNC1. The summed E-state index contributed by atoms with van der Waals surface area (Å²) in [5, 5.41) is 3.21. The Balaban J connectivity index is 2.05. The third kappa shape index (κ3) is 2.07. The number of nitrogens with one attached hydrogen (secondary N) is 1. The smallest absolute Gasteiger partial charge is 0.123 e. The van der Waals surface area contributed by atoms with E-state index in [1.54, 1.807) is 0 Å². The molecule has 1 N–H and O–H groups in total. The molecule has 14 heavy (non-hydrogen) atoms. The fourth-order valence-electron chi connectivity index (χ4n) is 1.62. The molecule has 0 bridgehead atoms. The summed E-state index contributed by atoms with van der Waals surface area (Å²) < 4.78 is 5.87. The van der Waals surface area contributed by atoms with Gasteiger partial charge in [0, 0.05) is 13.1 Å². The lowest BCUT2D eigenvalue weighted by Crippen LogP contribution is -2.50. The summed E-state index contributed by atoms with van der Waals surface area (Å²) in [6.45, 7) is 4.17. The molecule has 1 aromatic carbocycles. The molecule has 0 radical (unpaired) electrons. The van der Waals surface area contributed by atoms with Crippen LogP contribution in [0.2, 0.25) is 0 Å². The number of para-hydroxylation sites is 1. The zero-order chi connectivity index (χ0) is 9.80. The number of benzene rings is 1. The lowest BCUT2D eigenvalue weighted by atomic mass is 10.1. The number of rotatable bonds is 4. The molecule has 1 heterocycles. The summed E-state index contributed by atoms with van der Waals surface area (Å²) in [5.74, 6) is 1.07. The van der Waals surface area contributed by atoms with Crippen LogP contribution in [0.15, 0.2) is 24.3 Å². The maximum atomic E-state index is 5.87. The van der Waals surface area contributed by atoms with Crippen LogP contribution in [0.3, 0.4) is 0 Å². The van der Waals surface area contributed by atoms with Gasteiger partial charge in [0.2, 0.25) is 0 Å². The maximum Gasteiger partial charge on any atom is 0.123 e. The Bertz CT molecular complexity index is 294. The van der Waals surface area contributed by atoms with E-state index in [4.69, 9.17) is 4.74 Å². The van der Waals surface area contributed by atoms with Gasteiger partial charge in [-0.15, -0.1) is 0 Å². The first kappa shape index (κ1) is 9.53. The van der Waals surface area contributed by atoms with Crippen molar-refractivity contribution in [2.75, 3.05) is 13.1 Å². The van der Waals surface area contributed by atoms with E-state index in [0.29, 0.717) is 6.10 Å². The Morgan fingerprint density at radius 2 is 2.14 bits per heavy atom. The second kappa shape index (κ2) is 4.47. The molecule has 76 valence electrons. The van der Waals surface area contributed by atoms with Gasteiger partial charge in [0.1, 0.15) is 11.9 Å². The van der Waals surface area contributed by atoms with Gasteiger partial charge in [-0.25, -0.2) is 0 Å². The summed E-state index contributed by atoms with van der Waals surface area (Å²) in [6, 6.07) is 8.35. The molecule has 1 saturated heterocycles. The lowest BCUT2D eigenvalue weighted by Gasteiger charge is -2.28. The molecule has 2 heteroatoms. The fraction of sp³-hybridized carbons (Fsp3) is 0.500. The zero-order valence-electron chi connectivity index (χ0n) is 8.62. The van der Waals surface area contributed by atoms with Crippen molar-refractivity contribution in [3.8, 4) is 5.75 Å². The second-order valence-corrected chi connectivity index (χ2v) is 3.76. The summed E-state index contributed by atoms with van der Waals surface area (Å²) >= 11 is 0. The molecule has 0 amide bonds. The van der Waals surface area contributed by atoms with E-state index in [2.05, 4.69) is 30.4 Å². The number of ether oxygens (including phenoxy) is 1. The van der Waals surface area contributed by atoms with E-state index in [-0.39, 0.29) is 0 Å². The van der Waals surface area contributed by atoms with E-state index < -0.39 is 0 Å². The second-order valence-electron chi connectivity index (χ2n) is 3.76. The normalized spacial score (nSPS) is 16.4. The monoisotopic (exact) mass is 191 g/mol. The van der Waals surface area contributed by atoms with Crippen LogP contribution >= 0.6 is 0 Å². The van der Waals surface area contributed by atoms with Crippen LogP contribution in [0, 0.1) is 0 Å². The molecule has 0 aromatic heterocycles. The van der Waals surface area contributed by atoms with Crippen LogP contribution in [0.4, 0.5) is 0 Å². The largest absolute Gasteiger partial charge is 0.487 e. The minimum Gasteiger partial charge on any atom is -0.487 e. The lowest BCUT2D eigenvalue weighted by molar-refractivity contribution is 0.141. The van der Waals surface area contributed by atoms with Crippen molar-refractivity contribution in [2.24, 2.45) is 0 Å². The summed E-state index contributed by atoms with van der Waals surface area (Å²) in [4.78, 5) is 0. The molecule has 1 aliphatic heterocycles. The fourth-order valence-corrected chi connectivity index (χ4v) is 1.62. The topological polar surface area (TPSA) is 21.3 Å². The standard InChI is InChI=1S/C12H17NO/c1-2-5-10-6-3-4-7-12(10)14-11-8-13-9-11/h3-4,6-7,11,13H,2,5,8-9H2,1H3. The minimum absolute atomic E-state index is 0.382. The summed E-state index contributed by atoms with van der Waals surface area (Å²) in [7, 11) is 0. The van der Waals surface area contributed by atoms with Crippen molar-refractivity contribution < 1.29 is 4.74 Å². The van der Waals surface area contributed by atoms with Crippen LogP contribution in [0.1, 0.15) is 18.9 Å². The molecule has 0 unspecified atom stereocenters. The predicted molar refractivity (Wildman–Crippen MR) is 57.7 cm³/mol. The minimum atomic E-state index is 0.382. The van der Waals surface area contributed by atoms with Crippen molar-refractivity contribution in [2.45, 2.75) is 25.9 Å². The van der Waals surface area contributed by atoms with Gasteiger partial charge < -0.3 is 10.1 Å². The number of hydrogen-bond acceptors (Lipinski definition) is 2. The number of aryl methyl sites for hydroxylation is 1. The van der Waals surface area contributed by atoms with Gasteiger partial charge in [0.05, 0.1) is 0 Å². The van der Waals surface area contributed by atoms with Gasteiger partial charge in [-0.05, 0) is 18.1 Å². The Morgan fingerprint density at radius 1 is 1.36 bits per heavy atom. The van der Waals surface area contributed by atoms with Crippen molar-refractivity contribution in [3.05, 3.63) is 29.8 Å². The molecule has 0 spiro atoms. The molecule has 1 aliphatic rings. The van der Waals surface area contributed by atoms with Crippen molar-refractivity contribution in [1.82, 2.24) is 5.32 Å². The maximum absolute atomic E-state index is 5.87. The molecular formula is C12H17NO. The van der Waals surface area contributed by atoms with Crippen LogP contribution in [0.25, 0.3) is 0 Å². The Labute approximate surface area is 85.3 Å². The van der Waals surface area contributed by atoms with Gasteiger partial charge >= 0.3 is 0 Å². The first-order valence-electron chi connectivity index (χ1n) is 5.35. The highest BCUT2D eigenvalue weighted by Crippen LogP contribution is 2.21. The predicted octanol–water partition coefficient (Wildman–Crippen LogP) is 1.99. The van der Waals surface area contributed by atoms with Crippen LogP contribution in [0.5, 0.6) is 5.75 Å². The van der Waals surface area contributed by atoms with Crippen LogP contribution in [-0.2, 0) is 6.42 Å². The van der Waals surface area contributed by atoms with Gasteiger partial charge in [0.25, 0.3) is 0 Å². The van der Waals surface area contributed by atoms with Crippen LogP contribution in [-0.4, -0.2) is 19.2 Å². The van der Waals surface area contributed by atoms with E-state index in [1.165, 1.54) is 12.0 Å². The molecule has 1 fully saturated rings. The van der Waals surface area contributed by atoms with E-state index >= 15 is 0 Å². The first-order valence-corrected chi connectivity index (χ1v) is 5.35. The molecule has 2 rings (SSSR count). The summed E-state index contributed by atoms with van der Waals surface area (Å²) in [5.41, 5.74) is 1.34. The Kier molecular flexibility index (Phi) is 3.04. The van der Waals surface area contributed by atoms with Gasteiger partial charge in [-0.2, -0.15) is 0 Å². The number of hydrogen-bond donors (Lipinski definition) is 1. The van der Waals surface area contributed by atoms with E-state index in [9.17, 15) is 0 Å². The van der Waals surface area contributed by atoms with Crippen molar-refractivity contribution in [1.29, 1.82) is 0 Å². The van der Waals surface area contributed by atoms with Gasteiger partial charge in [-0.1, -0.05) is 31.5 Å². The molecule has 2 nitrogen and oxygen atoms in total. The van der Waals surface area contributed by atoms with E-state index in [0.717, 1.165) is 25.3 Å². The quantitative estimate of drug-likeness (QED) is 0.786. The first-order chi connectivity index (χ1) is 6.90. The van der Waals surface area contributed by atoms with Crippen molar-refractivity contribution >= 4 is 0 Å². The van der Waals surface area contributed by atoms with E-state index in [1.807, 2.05) is 6.07 Å². The highest BCUT2D eigenvalue weighted by atomic mass is 16.5. The third-order valence-corrected chi connectivity index (χ3v) is 2.53. The summed E-state index contributed by atoms with van der Waals surface area (Å²) in [6.07, 6.45) is 2.66. The third-order valence-electron chi connectivity index (χ3n) is 2.53. The highest BCUT2D eigenvalue weighted by molar-refractivity contribution is 5.33. The average molecular weight is 191 g/mol. The Morgan fingerprint density at radius 3 is 2.79 bits per heavy atom.